The van der Waals surface area contributed by atoms with Crippen molar-refractivity contribution < 1.29 is 0 Å². The maximum atomic E-state index is 4.73. The third-order valence-electron chi connectivity index (χ3n) is 4.73. The fourth-order valence-electron chi connectivity index (χ4n) is 2.99. The Hall–Kier alpha value is -1.17. The topological polar surface area (TPSA) is 24.3 Å². The van der Waals surface area contributed by atoms with Crippen molar-refractivity contribution in [3.63, 3.8) is 0 Å². The predicted octanol–water partition coefficient (Wildman–Crippen LogP) is 3.36. The van der Waals surface area contributed by atoms with E-state index in [1.54, 1.807) is 0 Å². The van der Waals surface area contributed by atoms with E-state index in [-0.39, 0.29) is 0 Å². The largest absolute Gasteiger partial charge is 0.328 e. The number of hydrogen-bond acceptors (Lipinski definition) is 4. The fourth-order valence-corrected chi connectivity index (χ4v) is 3.72. The lowest BCUT2D eigenvalue weighted by atomic mass is 10.2. The van der Waals surface area contributed by atoms with Crippen LogP contribution >= 0.6 is 11.3 Å². The average Bonchev–Trinajstić information content (AvgIpc) is 3.12. The Morgan fingerprint density at radius 3 is 2.91 bits per heavy atom. The molecule has 3 rings (SSSR count). The molecule has 0 unspecified atom stereocenters. The number of aromatic nitrogens is 2. The van der Waals surface area contributed by atoms with E-state index in [2.05, 4.69) is 65.9 Å². The van der Waals surface area contributed by atoms with Crippen molar-refractivity contribution in [3.8, 4) is 0 Å². The molecule has 0 spiro atoms. The van der Waals surface area contributed by atoms with Crippen LogP contribution in [0.3, 0.4) is 0 Å². The first kappa shape index (κ1) is 15.7. The summed E-state index contributed by atoms with van der Waals surface area (Å²) in [6, 6.07) is 5.30. The summed E-state index contributed by atoms with van der Waals surface area (Å²) in [5, 5.41) is 2.16. The molecule has 2 aromatic heterocycles. The van der Waals surface area contributed by atoms with Crippen molar-refractivity contribution in [1.82, 2.24) is 19.4 Å². The molecule has 0 aliphatic carbocycles. The summed E-state index contributed by atoms with van der Waals surface area (Å²) >= 11 is 1.84. The van der Waals surface area contributed by atoms with Crippen LogP contribution in [0.1, 0.15) is 43.2 Å². The minimum Gasteiger partial charge on any atom is -0.328 e. The first-order chi connectivity index (χ1) is 10.6. The summed E-state index contributed by atoms with van der Waals surface area (Å²) in [6.07, 6.45) is 2.07. The second-order valence-corrected chi connectivity index (χ2v) is 7.53. The monoisotopic (exact) mass is 318 g/mol. The van der Waals surface area contributed by atoms with Gasteiger partial charge in [-0.25, -0.2) is 4.98 Å². The van der Waals surface area contributed by atoms with Gasteiger partial charge in [-0.05, 0) is 39.3 Å². The van der Waals surface area contributed by atoms with Crippen LogP contribution < -0.4 is 0 Å². The number of nitrogens with zero attached hydrogens (tertiary/aromatic N) is 4. The average molecular weight is 318 g/mol. The van der Waals surface area contributed by atoms with Crippen LogP contribution in [0.25, 0.3) is 0 Å². The van der Waals surface area contributed by atoms with E-state index in [9.17, 15) is 0 Å². The van der Waals surface area contributed by atoms with Crippen LogP contribution in [0.2, 0.25) is 0 Å². The standard InChI is InChI=1S/C17H26N4S/c1-13(2)19(4)11-15-10-18-17-14(3)20(7-8-21(15)17)12-16-6-5-9-22-16/h5-6,9-10,13-14H,7-8,11-12H2,1-4H3/t14-/m0/s1. The van der Waals surface area contributed by atoms with Crippen molar-refractivity contribution in [3.05, 3.63) is 40.1 Å². The summed E-state index contributed by atoms with van der Waals surface area (Å²) in [7, 11) is 2.18. The maximum absolute atomic E-state index is 4.73. The normalized spacial score (nSPS) is 19.1. The minimum absolute atomic E-state index is 0.383. The van der Waals surface area contributed by atoms with Crippen LogP contribution in [0.15, 0.2) is 23.7 Å². The van der Waals surface area contributed by atoms with Crippen molar-refractivity contribution in [2.75, 3.05) is 13.6 Å². The zero-order chi connectivity index (χ0) is 15.7. The predicted molar refractivity (Wildman–Crippen MR) is 92.0 cm³/mol. The molecular formula is C17H26N4S. The lowest BCUT2D eigenvalue weighted by molar-refractivity contribution is 0.154. The van der Waals surface area contributed by atoms with E-state index >= 15 is 0 Å². The van der Waals surface area contributed by atoms with E-state index in [0.717, 1.165) is 26.2 Å². The zero-order valence-corrected chi connectivity index (χ0v) is 14.8. The van der Waals surface area contributed by atoms with E-state index in [1.807, 2.05) is 11.3 Å². The maximum Gasteiger partial charge on any atom is 0.126 e. The molecule has 120 valence electrons. The minimum atomic E-state index is 0.383. The van der Waals surface area contributed by atoms with Gasteiger partial charge in [0.15, 0.2) is 0 Å². The molecule has 3 heterocycles. The Kier molecular flexibility index (Phi) is 4.66. The molecule has 0 fully saturated rings. The number of fused-ring (bicyclic) bond motifs is 1. The molecular weight excluding hydrogens is 292 g/mol. The van der Waals surface area contributed by atoms with Crippen molar-refractivity contribution in [2.45, 2.75) is 52.5 Å². The van der Waals surface area contributed by atoms with Gasteiger partial charge >= 0.3 is 0 Å². The number of thiophene rings is 1. The van der Waals surface area contributed by atoms with Gasteiger partial charge in [0.05, 0.1) is 11.7 Å². The van der Waals surface area contributed by atoms with Gasteiger partial charge in [0.1, 0.15) is 5.82 Å². The highest BCUT2D eigenvalue weighted by atomic mass is 32.1. The molecule has 5 heteroatoms. The van der Waals surface area contributed by atoms with Gasteiger partial charge < -0.3 is 4.57 Å². The smallest absolute Gasteiger partial charge is 0.126 e. The van der Waals surface area contributed by atoms with Gasteiger partial charge in [-0.15, -0.1) is 11.3 Å². The van der Waals surface area contributed by atoms with Gasteiger partial charge in [-0.3, -0.25) is 9.80 Å². The third-order valence-corrected chi connectivity index (χ3v) is 5.59. The van der Waals surface area contributed by atoms with E-state index < -0.39 is 0 Å². The van der Waals surface area contributed by atoms with Gasteiger partial charge in [0.25, 0.3) is 0 Å². The molecule has 2 aromatic rings. The van der Waals surface area contributed by atoms with Gasteiger partial charge in [-0.2, -0.15) is 0 Å². The van der Waals surface area contributed by atoms with Gasteiger partial charge in [0.2, 0.25) is 0 Å². The molecule has 1 atom stereocenters. The van der Waals surface area contributed by atoms with E-state index in [4.69, 9.17) is 4.98 Å². The Bertz CT molecular complexity index is 602. The molecule has 4 nitrogen and oxygen atoms in total. The van der Waals surface area contributed by atoms with Crippen LogP contribution in [0, 0.1) is 0 Å². The van der Waals surface area contributed by atoms with Gasteiger partial charge in [-0.1, -0.05) is 6.07 Å². The molecule has 1 aliphatic heterocycles. The summed E-state index contributed by atoms with van der Waals surface area (Å²) < 4.78 is 2.43. The Balaban J connectivity index is 1.74. The molecule has 0 bridgehead atoms. The second-order valence-electron chi connectivity index (χ2n) is 6.49. The zero-order valence-electron chi connectivity index (χ0n) is 14.0. The molecule has 0 amide bonds. The lowest BCUT2D eigenvalue weighted by Crippen LogP contribution is -2.37. The number of imidazole rings is 1. The van der Waals surface area contributed by atoms with E-state index in [0.29, 0.717) is 12.1 Å². The molecule has 22 heavy (non-hydrogen) atoms. The summed E-state index contributed by atoms with van der Waals surface area (Å²) in [6.45, 7) is 10.9. The first-order valence-electron chi connectivity index (χ1n) is 8.07. The molecule has 1 aliphatic rings. The highest BCUT2D eigenvalue weighted by molar-refractivity contribution is 7.09. The molecule has 0 saturated carbocycles. The Labute approximate surface area is 137 Å². The Morgan fingerprint density at radius 1 is 1.41 bits per heavy atom. The summed E-state index contributed by atoms with van der Waals surface area (Å²) in [5.41, 5.74) is 1.34. The second kappa shape index (κ2) is 6.52. The summed E-state index contributed by atoms with van der Waals surface area (Å²) in [5.74, 6) is 1.22. The van der Waals surface area contributed by atoms with E-state index in [1.165, 1.54) is 16.4 Å². The number of rotatable bonds is 5. The van der Waals surface area contributed by atoms with Crippen LogP contribution in [0.5, 0.6) is 0 Å². The highest BCUT2D eigenvalue weighted by Gasteiger charge is 2.27. The summed E-state index contributed by atoms with van der Waals surface area (Å²) in [4.78, 5) is 11.1. The van der Waals surface area contributed by atoms with Gasteiger partial charge in [0, 0.05) is 43.3 Å². The number of hydrogen-bond donors (Lipinski definition) is 0. The first-order valence-corrected chi connectivity index (χ1v) is 8.95. The SMILES string of the molecule is CC(C)N(C)Cc1cnc2n1CCN(Cc1cccs1)[C@H]2C. The molecule has 0 N–H and O–H groups in total. The van der Waals surface area contributed by atoms with Crippen LogP contribution in [-0.4, -0.2) is 39.0 Å². The molecule has 0 saturated heterocycles. The Morgan fingerprint density at radius 2 is 2.23 bits per heavy atom. The van der Waals surface area contributed by atoms with Crippen LogP contribution in [0.4, 0.5) is 0 Å². The van der Waals surface area contributed by atoms with Crippen LogP contribution in [-0.2, 0) is 19.6 Å². The third kappa shape index (κ3) is 3.12. The fraction of sp³-hybridized carbons (Fsp3) is 0.588. The van der Waals surface area contributed by atoms with Crippen molar-refractivity contribution in [1.29, 1.82) is 0 Å². The van der Waals surface area contributed by atoms with Crippen molar-refractivity contribution in [2.24, 2.45) is 0 Å². The quantitative estimate of drug-likeness (QED) is 0.845. The van der Waals surface area contributed by atoms with Crippen molar-refractivity contribution >= 4 is 11.3 Å². The highest BCUT2D eigenvalue weighted by Crippen LogP contribution is 2.28. The lowest BCUT2D eigenvalue weighted by Gasteiger charge is -2.34. The molecule has 0 aromatic carbocycles. The molecule has 0 radical (unpaired) electrons.